The summed E-state index contributed by atoms with van der Waals surface area (Å²) in [5, 5.41) is 0. The number of hydrogen-bond acceptors (Lipinski definition) is 4. The van der Waals surface area contributed by atoms with Gasteiger partial charge in [-0.25, -0.2) is 0 Å². The van der Waals surface area contributed by atoms with Crippen molar-refractivity contribution in [3.05, 3.63) is 0 Å². The van der Waals surface area contributed by atoms with Crippen LogP contribution in [0.15, 0.2) is 0 Å². The van der Waals surface area contributed by atoms with Crippen molar-refractivity contribution in [1.82, 2.24) is 16.8 Å². The van der Waals surface area contributed by atoms with Gasteiger partial charge in [-0.2, -0.15) is 0 Å². The fraction of sp³-hybridized carbons (Fsp3) is 0. The summed E-state index contributed by atoms with van der Waals surface area (Å²) >= 11 is 3.99. The SMILES string of the molecule is [AlH2][c]1n[c]([AlH2])n[c]([AlH][N]([AlH2])[AlH2])n1. The summed E-state index contributed by atoms with van der Waals surface area (Å²) < 4.78 is 5.66. The zero-order valence-corrected chi connectivity index (χ0v) is 17.4. The molecule has 0 bridgehead atoms. The van der Waals surface area contributed by atoms with Crippen LogP contribution in [0, 0.1) is 0 Å². The third kappa shape index (κ3) is 4.23. The van der Waals surface area contributed by atoms with Gasteiger partial charge in [0, 0.05) is 9.37 Å². The van der Waals surface area contributed by atoms with Crippen LogP contribution in [0.4, 0.5) is 0 Å². The van der Waals surface area contributed by atoms with Crippen LogP contribution in [0.25, 0.3) is 0 Å². The molecule has 1 aromatic heterocycles. The van der Waals surface area contributed by atoms with Crippen molar-refractivity contribution < 1.29 is 0 Å². The Hall–Kier alpha value is 1.63. The minimum Gasteiger partial charge on any atom is -0.566 e. The maximum Gasteiger partial charge on any atom is 0.404 e. The molecule has 0 saturated heterocycles. The normalized spacial score (nSPS) is 10.1. The average molecular weight is 236 g/mol. The molecule has 12 heavy (non-hydrogen) atoms. The van der Waals surface area contributed by atoms with E-state index in [0.29, 0.717) is 0 Å². The van der Waals surface area contributed by atoms with Gasteiger partial charge in [-0.1, -0.05) is 0 Å². The number of nitrogens with zero attached hydrogens (tertiary/aromatic N) is 4. The fourth-order valence-electron chi connectivity index (χ4n) is 1.04. The summed E-state index contributed by atoms with van der Waals surface area (Å²) in [5.41, 5.74) is 0. The summed E-state index contributed by atoms with van der Waals surface area (Å²) in [6.45, 7) is 0. The van der Waals surface area contributed by atoms with Crippen LogP contribution in [0.5, 0.6) is 0 Å². The standard InChI is InChI=1S/C3N3.5Al.N.9H/c1-4-2-6-3-5-1;;;;;;;;;;;;;;;. The highest BCUT2D eigenvalue weighted by Gasteiger charge is 2.04. The van der Waals surface area contributed by atoms with Gasteiger partial charge in [-0.05, 0) is 0 Å². The highest BCUT2D eigenvalue weighted by atomic mass is 27.2. The first kappa shape index (κ1) is 11.7. The maximum atomic E-state index is 4.40. The van der Waals surface area contributed by atoms with Gasteiger partial charge in [0.1, 0.15) is 0 Å². The predicted octanol–water partition coefficient (Wildman–Crippen LogP) is -7.24. The van der Waals surface area contributed by atoms with Gasteiger partial charge in [0.25, 0.3) is 33.0 Å². The molecule has 1 rings (SSSR count). The van der Waals surface area contributed by atoms with Crippen molar-refractivity contribution in [3.8, 4) is 0 Å². The zero-order chi connectivity index (χ0) is 9.14. The molecule has 0 aliphatic rings. The number of aromatic nitrogens is 3. The summed E-state index contributed by atoms with van der Waals surface area (Å²) in [6.07, 6.45) is 0. The predicted molar refractivity (Wildman–Crippen MR) is 61.9 cm³/mol. The van der Waals surface area contributed by atoms with Crippen LogP contribution in [0.2, 0.25) is 0 Å². The van der Waals surface area contributed by atoms with Gasteiger partial charge < -0.3 is 1.85 Å². The van der Waals surface area contributed by atoms with Crippen molar-refractivity contribution in [2.45, 2.75) is 0 Å². The Morgan fingerprint density at radius 3 is 1.92 bits per heavy atom. The first-order valence-corrected chi connectivity index (χ1v) is 9.03. The van der Waals surface area contributed by atoms with E-state index in [1.165, 1.54) is 33.0 Å². The maximum absolute atomic E-state index is 4.40. The molecule has 0 fully saturated rings. The molecule has 4 nitrogen and oxygen atoms in total. The Kier molecular flexibility index (Phi) is 5.36. The minimum atomic E-state index is -0.280. The summed E-state index contributed by atoms with van der Waals surface area (Å²) in [7, 11) is 0. The van der Waals surface area contributed by atoms with E-state index >= 15 is 0 Å². The van der Waals surface area contributed by atoms with Gasteiger partial charge in [-0.15, -0.1) is 0 Å². The molecule has 0 spiro atoms. The fourth-order valence-corrected chi connectivity index (χ4v) is 6.14. The van der Waals surface area contributed by atoms with Gasteiger partial charge in [0.15, 0.2) is 0 Å². The summed E-state index contributed by atoms with van der Waals surface area (Å²) in [5.74, 6) is 0. The Bertz CT molecular complexity index is 257. The van der Waals surface area contributed by atoms with E-state index in [4.69, 9.17) is 0 Å². The minimum absolute atomic E-state index is 0.280. The quantitative estimate of drug-likeness (QED) is 0.478. The van der Waals surface area contributed by atoms with Crippen LogP contribution in [-0.4, -0.2) is 97.8 Å². The lowest BCUT2D eigenvalue weighted by Crippen LogP contribution is -2.44. The smallest absolute Gasteiger partial charge is 0.404 e. The third-order valence-corrected chi connectivity index (χ3v) is 5.39. The number of rotatable bonds is 2. The molecule has 56 valence electrons. The van der Waals surface area contributed by atoms with E-state index in [9.17, 15) is 0 Å². The van der Waals surface area contributed by atoms with Gasteiger partial charge in [0.05, 0.1) is 4.69 Å². The molecule has 0 saturated carbocycles. The second-order valence-corrected chi connectivity index (χ2v) is 14.5. The van der Waals surface area contributed by atoms with Crippen LogP contribution in [0.1, 0.15) is 0 Å². The van der Waals surface area contributed by atoms with Crippen molar-refractivity contribution >= 4 is 95.1 Å². The van der Waals surface area contributed by atoms with Crippen molar-refractivity contribution in [2.24, 2.45) is 0 Å². The molecule has 0 amide bonds. The van der Waals surface area contributed by atoms with E-state index in [1.54, 1.807) is 0 Å². The lowest BCUT2D eigenvalue weighted by atomic mass is 11.0. The monoisotopic (exact) mass is 236 g/mol. The zero-order valence-electron chi connectivity index (χ0n) is 8.00. The van der Waals surface area contributed by atoms with E-state index in [0.717, 1.165) is 46.6 Å². The molecule has 1 heterocycles. The van der Waals surface area contributed by atoms with E-state index in [1.807, 2.05) is 0 Å². The van der Waals surface area contributed by atoms with E-state index in [-0.39, 0.29) is 15.4 Å². The lowest BCUT2D eigenvalue weighted by Gasteiger charge is -2.09. The topological polar surface area (TPSA) is 41.9 Å². The lowest BCUT2D eigenvalue weighted by molar-refractivity contribution is 1.12. The summed E-state index contributed by atoms with van der Waals surface area (Å²) in [4.78, 5) is 13.1. The molecule has 0 N–H and O–H groups in total. The molecule has 9 heteroatoms. The molecule has 0 aliphatic carbocycles. The van der Waals surface area contributed by atoms with Gasteiger partial charge in [-0.3, -0.25) is 15.0 Å². The first-order valence-electron chi connectivity index (χ1n) is 3.91. The molecule has 0 atom stereocenters. The average Bonchev–Trinajstić information content (AvgIpc) is 1.81. The number of hydrogen-bond donors (Lipinski definition) is 0. The Labute approximate surface area is 111 Å². The highest BCUT2D eigenvalue weighted by molar-refractivity contribution is 6.62. The molecular weight excluding hydrogens is 227 g/mol. The molecule has 0 aromatic carbocycles. The van der Waals surface area contributed by atoms with E-state index in [2.05, 4.69) is 16.8 Å². The highest BCUT2D eigenvalue weighted by Crippen LogP contribution is 1.62. The molecule has 0 aliphatic heterocycles. The Morgan fingerprint density at radius 2 is 1.50 bits per heavy atom. The van der Waals surface area contributed by atoms with Crippen LogP contribution < -0.4 is 14.1 Å². The van der Waals surface area contributed by atoms with Crippen molar-refractivity contribution in [3.63, 3.8) is 0 Å². The second kappa shape index (κ2) is 5.50. The molecule has 1 aromatic rings. The van der Waals surface area contributed by atoms with Gasteiger partial charge >= 0.3 is 48.0 Å². The van der Waals surface area contributed by atoms with Gasteiger partial charge in [0.2, 0.25) is 0 Å². The molecule has 0 unspecified atom stereocenters. The van der Waals surface area contributed by atoms with Crippen LogP contribution in [-0.2, 0) is 0 Å². The Balaban J connectivity index is 2.85. The Morgan fingerprint density at radius 1 is 1.00 bits per heavy atom. The van der Waals surface area contributed by atoms with Crippen molar-refractivity contribution in [2.75, 3.05) is 0 Å². The summed E-state index contributed by atoms with van der Waals surface area (Å²) in [6, 6.07) is 0. The third-order valence-electron chi connectivity index (χ3n) is 1.36. The first-order chi connectivity index (χ1) is 5.58. The largest absolute Gasteiger partial charge is 0.566 e. The molecule has 0 radical (unpaired) electrons. The van der Waals surface area contributed by atoms with Crippen LogP contribution >= 0.6 is 0 Å². The molecular formula is C3H9Al5N4. The second-order valence-electron chi connectivity index (χ2n) is 3.08. The van der Waals surface area contributed by atoms with Crippen molar-refractivity contribution in [1.29, 1.82) is 0 Å². The van der Waals surface area contributed by atoms with E-state index < -0.39 is 0 Å². The van der Waals surface area contributed by atoms with Crippen LogP contribution in [0.3, 0.4) is 0 Å².